The van der Waals surface area contributed by atoms with Gasteiger partial charge in [0.25, 0.3) is 0 Å². The summed E-state index contributed by atoms with van der Waals surface area (Å²) in [6, 6.07) is 8.40. The third-order valence-corrected chi connectivity index (χ3v) is 7.57. The molecule has 2 aliphatic heterocycles. The van der Waals surface area contributed by atoms with Crippen molar-refractivity contribution in [1.82, 2.24) is 15.0 Å². The van der Waals surface area contributed by atoms with E-state index in [9.17, 15) is 9.18 Å². The average molecular weight is 471 g/mol. The van der Waals surface area contributed by atoms with Crippen molar-refractivity contribution in [2.45, 2.75) is 58.0 Å². The Hall–Kier alpha value is -2.64. The molecule has 3 heterocycles. The van der Waals surface area contributed by atoms with Crippen LogP contribution in [0.3, 0.4) is 0 Å². The standard InChI is InChI=1S/C26H35FN4O3/c1-17(2)25-28-26(34-29-25)30-10-7-19(8-11-30)23-14-20(23)9-12-33-22-5-3-18(4-6-22)13-24(32)31-15-21(27)16-31/h3-6,17,19-21,23H,7-16H2,1-2H3. The van der Waals surface area contributed by atoms with Gasteiger partial charge in [0.05, 0.1) is 26.1 Å². The van der Waals surface area contributed by atoms with E-state index in [0.717, 1.165) is 61.0 Å². The second-order valence-corrected chi connectivity index (χ2v) is 10.4. The lowest BCUT2D eigenvalue weighted by Gasteiger charge is -2.34. The molecule has 2 saturated heterocycles. The van der Waals surface area contributed by atoms with E-state index in [1.54, 1.807) is 4.90 Å². The highest BCUT2D eigenvalue weighted by atomic mass is 19.1. The number of piperidine rings is 1. The molecule has 0 bridgehead atoms. The smallest absolute Gasteiger partial charge is 0.324 e. The molecular formula is C26H35FN4O3. The number of ether oxygens (including phenoxy) is 1. The molecule has 2 aromatic rings. The van der Waals surface area contributed by atoms with E-state index < -0.39 is 6.17 Å². The molecular weight excluding hydrogens is 435 g/mol. The minimum Gasteiger partial charge on any atom is -0.494 e. The van der Waals surface area contributed by atoms with E-state index in [1.807, 2.05) is 24.3 Å². The van der Waals surface area contributed by atoms with E-state index >= 15 is 0 Å². The summed E-state index contributed by atoms with van der Waals surface area (Å²) in [6.45, 7) is 7.33. The number of rotatable bonds is 9. The molecule has 2 unspecified atom stereocenters. The number of alkyl halides is 1. The Bertz CT molecular complexity index is 965. The van der Waals surface area contributed by atoms with E-state index in [2.05, 4.69) is 28.9 Å². The highest BCUT2D eigenvalue weighted by molar-refractivity contribution is 5.79. The number of nitrogens with zero attached hydrogens (tertiary/aromatic N) is 4. The molecule has 0 N–H and O–H groups in total. The van der Waals surface area contributed by atoms with Gasteiger partial charge in [0.2, 0.25) is 5.91 Å². The van der Waals surface area contributed by atoms with E-state index in [4.69, 9.17) is 9.26 Å². The Morgan fingerprint density at radius 3 is 2.59 bits per heavy atom. The molecule has 1 aliphatic carbocycles. The first-order chi connectivity index (χ1) is 16.5. The van der Waals surface area contributed by atoms with Crippen LogP contribution in [0.15, 0.2) is 28.8 Å². The first-order valence-electron chi connectivity index (χ1n) is 12.7. The third kappa shape index (κ3) is 5.36. The van der Waals surface area contributed by atoms with Crippen molar-refractivity contribution in [2.24, 2.45) is 17.8 Å². The second-order valence-electron chi connectivity index (χ2n) is 10.4. The maximum Gasteiger partial charge on any atom is 0.324 e. The number of likely N-dealkylation sites (tertiary alicyclic amines) is 1. The van der Waals surface area contributed by atoms with Crippen LogP contribution in [-0.2, 0) is 11.2 Å². The normalized spacial score (nSPS) is 23.3. The van der Waals surface area contributed by atoms with Gasteiger partial charge >= 0.3 is 6.01 Å². The minimum absolute atomic E-state index is 0.00873. The van der Waals surface area contributed by atoms with Gasteiger partial charge in [-0.05, 0) is 61.1 Å². The van der Waals surface area contributed by atoms with Crippen molar-refractivity contribution in [3.63, 3.8) is 0 Å². The van der Waals surface area contributed by atoms with Gasteiger partial charge in [-0.3, -0.25) is 4.79 Å². The molecule has 3 fully saturated rings. The predicted molar refractivity (Wildman–Crippen MR) is 127 cm³/mol. The fourth-order valence-electron chi connectivity index (χ4n) is 5.24. The van der Waals surface area contributed by atoms with Crippen molar-refractivity contribution in [3.8, 4) is 5.75 Å². The van der Waals surface area contributed by atoms with Gasteiger partial charge in [0.1, 0.15) is 11.9 Å². The molecule has 2 atom stereocenters. The molecule has 8 heteroatoms. The van der Waals surface area contributed by atoms with Crippen molar-refractivity contribution >= 4 is 11.9 Å². The number of anilines is 1. The lowest BCUT2D eigenvalue weighted by Crippen LogP contribution is -2.51. The van der Waals surface area contributed by atoms with Crippen LogP contribution < -0.4 is 9.64 Å². The number of hydrogen-bond donors (Lipinski definition) is 0. The van der Waals surface area contributed by atoms with E-state index in [0.29, 0.717) is 12.4 Å². The molecule has 34 heavy (non-hydrogen) atoms. The summed E-state index contributed by atoms with van der Waals surface area (Å²) in [5.41, 5.74) is 0.939. The molecule has 1 amide bonds. The highest BCUT2D eigenvalue weighted by Crippen LogP contribution is 2.50. The number of halogens is 1. The van der Waals surface area contributed by atoms with E-state index in [-0.39, 0.29) is 24.9 Å². The van der Waals surface area contributed by atoms with E-state index in [1.165, 1.54) is 19.3 Å². The maximum atomic E-state index is 12.9. The van der Waals surface area contributed by atoms with Crippen LogP contribution in [0.5, 0.6) is 5.75 Å². The number of carbonyl (C=O) groups excluding carboxylic acids is 1. The molecule has 1 aromatic carbocycles. The summed E-state index contributed by atoms with van der Waals surface area (Å²) in [4.78, 5) is 20.4. The number of aromatic nitrogens is 2. The third-order valence-electron chi connectivity index (χ3n) is 7.57. The second kappa shape index (κ2) is 9.92. The number of hydrogen-bond acceptors (Lipinski definition) is 6. The quantitative estimate of drug-likeness (QED) is 0.546. The van der Waals surface area contributed by atoms with Crippen LogP contribution in [0.25, 0.3) is 0 Å². The van der Waals surface area contributed by atoms with Crippen molar-refractivity contribution in [2.75, 3.05) is 37.7 Å². The van der Waals surface area contributed by atoms with Gasteiger partial charge in [-0.15, -0.1) is 0 Å². The summed E-state index contributed by atoms with van der Waals surface area (Å²) < 4.78 is 24.3. The van der Waals surface area contributed by atoms with Crippen LogP contribution in [0.4, 0.5) is 10.4 Å². The van der Waals surface area contributed by atoms with Crippen molar-refractivity contribution in [3.05, 3.63) is 35.7 Å². The topological polar surface area (TPSA) is 71.7 Å². The number of carbonyl (C=O) groups is 1. The monoisotopic (exact) mass is 470 g/mol. The molecule has 184 valence electrons. The van der Waals surface area contributed by atoms with Crippen LogP contribution in [0.2, 0.25) is 0 Å². The zero-order valence-corrected chi connectivity index (χ0v) is 20.2. The lowest BCUT2D eigenvalue weighted by molar-refractivity contribution is -0.137. The number of benzene rings is 1. The van der Waals surface area contributed by atoms with Crippen LogP contribution in [0, 0.1) is 17.8 Å². The summed E-state index contributed by atoms with van der Waals surface area (Å²) in [5.74, 6) is 4.27. The maximum absolute atomic E-state index is 12.9. The fourth-order valence-corrected chi connectivity index (χ4v) is 5.24. The largest absolute Gasteiger partial charge is 0.494 e. The average Bonchev–Trinajstić information content (AvgIpc) is 3.40. The lowest BCUT2D eigenvalue weighted by atomic mass is 9.90. The van der Waals surface area contributed by atoms with Crippen LogP contribution >= 0.6 is 0 Å². The summed E-state index contributed by atoms with van der Waals surface area (Å²) >= 11 is 0. The zero-order chi connectivity index (χ0) is 23.7. The Morgan fingerprint density at radius 1 is 1.21 bits per heavy atom. The summed E-state index contributed by atoms with van der Waals surface area (Å²) in [6.07, 6.45) is 4.24. The Kier molecular flexibility index (Phi) is 6.75. The zero-order valence-electron chi connectivity index (χ0n) is 20.2. The Balaban J connectivity index is 0.988. The van der Waals surface area contributed by atoms with Gasteiger partial charge in [-0.1, -0.05) is 31.1 Å². The van der Waals surface area contributed by atoms with Crippen LogP contribution in [0.1, 0.15) is 56.8 Å². The van der Waals surface area contributed by atoms with Crippen LogP contribution in [-0.4, -0.2) is 59.9 Å². The van der Waals surface area contributed by atoms with Crippen molar-refractivity contribution < 1.29 is 18.4 Å². The Labute approximate surface area is 200 Å². The number of amides is 1. The van der Waals surface area contributed by atoms with Crippen molar-refractivity contribution in [1.29, 1.82) is 0 Å². The molecule has 1 saturated carbocycles. The predicted octanol–water partition coefficient (Wildman–Crippen LogP) is 4.24. The SMILES string of the molecule is CC(C)c1noc(N2CCC(C3CC3CCOc3ccc(CC(=O)N4CC(F)C4)cc3)CC2)n1. The fraction of sp³-hybridized carbons (Fsp3) is 0.654. The summed E-state index contributed by atoms with van der Waals surface area (Å²) in [5, 5.41) is 4.09. The Morgan fingerprint density at radius 2 is 1.94 bits per heavy atom. The van der Waals surface area contributed by atoms with Gasteiger partial charge in [0, 0.05) is 19.0 Å². The van der Waals surface area contributed by atoms with Gasteiger partial charge in [0.15, 0.2) is 5.82 Å². The highest BCUT2D eigenvalue weighted by Gasteiger charge is 2.43. The van der Waals surface area contributed by atoms with Gasteiger partial charge in [-0.2, -0.15) is 4.98 Å². The molecule has 0 spiro atoms. The molecule has 3 aliphatic rings. The van der Waals surface area contributed by atoms with Gasteiger partial charge in [-0.25, -0.2) is 4.39 Å². The van der Waals surface area contributed by atoms with Gasteiger partial charge < -0.3 is 19.1 Å². The molecule has 0 radical (unpaired) electrons. The minimum atomic E-state index is -0.853. The molecule has 7 nitrogen and oxygen atoms in total. The summed E-state index contributed by atoms with van der Waals surface area (Å²) in [7, 11) is 0. The first-order valence-corrected chi connectivity index (χ1v) is 12.7. The first kappa shape index (κ1) is 23.1. The molecule has 1 aromatic heterocycles. The molecule has 5 rings (SSSR count).